The van der Waals surface area contributed by atoms with Gasteiger partial charge in [0.05, 0.1) is 6.10 Å². The lowest BCUT2D eigenvalue weighted by Crippen LogP contribution is -2.45. The van der Waals surface area contributed by atoms with Crippen LogP contribution in [0.15, 0.2) is 24.4 Å². The molecular weight excluding hydrogens is 252 g/mol. The van der Waals surface area contributed by atoms with Crippen LogP contribution < -0.4 is 0 Å². The fourth-order valence-corrected chi connectivity index (χ4v) is 3.71. The number of carbonyl (C=O) groups is 1. The largest absolute Gasteiger partial charge is 0.393 e. The van der Waals surface area contributed by atoms with Gasteiger partial charge in [-0.05, 0) is 37.8 Å². The van der Waals surface area contributed by atoms with Gasteiger partial charge in [0.25, 0.3) is 5.91 Å². The van der Waals surface area contributed by atoms with Gasteiger partial charge in [-0.3, -0.25) is 9.78 Å². The number of carbonyl (C=O) groups excluding carboxylic acids is 1. The third kappa shape index (κ3) is 2.57. The van der Waals surface area contributed by atoms with E-state index in [0.717, 1.165) is 38.6 Å². The minimum atomic E-state index is -0.245. The Hall–Kier alpha value is -1.42. The summed E-state index contributed by atoms with van der Waals surface area (Å²) in [6.45, 7) is 0.795. The highest BCUT2D eigenvalue weighted by Crippen LogP contribution is 2.35. The first-order chi connectivity index (χ1) is 9.77. The first-order valence-corrected chi connectivity index (χ1v) is 7.67. The first kappa shape index (κ1) is 13.6. The fourth-order valence-electron chi connectivity index (χ4n) is 3.71. The third-order valence-electron chi connectivity index (χ3n) is 4.72. The molecule has 2 fully saturated rings. The second-order valence-corrected chi connectivity index (χ2v) is 5.94. The molecule has 3 rings (SSSR count). The van der Waals surface area contributed by atoms with Gasteiger partial charge < -0.3 is 10.0 Å². The van der Waals surface area contributed by atoms with E-state index in [9.17, 15) is 9.90 Å². The molecule has 2 heterocycles. The van der Waals surface area contributed by atoms with Gasteiger partial charge in [0, 0.05) is 24.7 Å². The lowest BCUT2D eigenvalue weighted by molar-refractivity contribution is 0.0209. The summed E-state index contributed by atoms with van der Waals surface area (Å²) in [5.74, 6) is 0.268. The number of hydrogen-bond donors (Lipinski definition) is 1. The molecule has 1 saturated heterocycles. The van der Waals surface area contributed by atoms with E-state index >= 15 is 0 Å². The van der Waals surface area contributed by atoms with Crippen LogP contribution in [0.25, 0.3) is 0 Å². The predicted molar refractivity (Wildman–Crippen MR) is 76.3 cm³/mol. The van der Waals surface area contributed by atoms with Crippen molar-refractivity contribution in [1.82, 2.24) is 9.88 Å². The molecule has 3 unspecified atom stereocenters. The number of aromatic nitrogens is 1. The van der Waals surface area contributed by atoms with Crippen molar-refractivity contribution in [3.8, 4) is 0 Å². The van der Waals surface area contributed by atoms with E-state index in [4.69, 9.17) is 0 Å². The maximum atomic E-state index is 12.6. The van der Waals surface area contributed by atoms with Crippen molar-refractivity contribution in [2.75, 3.05) is 6.54 Å². The van der Waals surface area contributed by atoms with E-state index in [-0.39, 0.29) is 24.0 Å². The summed E-state index contributed by atoms with van der Waals surface area (Å²) in [5, 5.41) is 10.2. The number of likely N-dealkylation sites (tertiary alicyclic amines) is 1. The highest BCUT2D eigenvalue weighted by atomic mass is 16.3. The number of nitrogens with zero attached hydrogens (tertiary/aromatic N) is 2. The topological polar surface area (TPSA) is 53.4 Å². The maximum Gasteiger partial charge on any atom is 0.272 e. The van der Waals surface area contributed by atoms with Crippen LogP contribution in [0.2, 0.25) is 0 Å². The molecule has 1 amide bonds. The number of aliphatic hydroxyl groups is 1. The summed E-state index contributed by atoms with van der Waals surface area (Å²) < 4.78 is 0. The Morgan fingerprint density at radius 2 is 2.05 bits per heavy atom. The van der Waals surface area contributed by atoms with Crippen LogP contribution in [0.5, 0.6) is 0 Å². The van der Waals surface area contributed by atoms with Crippen LogP contribution in [0, 0.1) is 5.92 Å². The van der Waals surface area contributed by atoms with E-state index in [2.05, 4.69) is 4.98 Å². The van der Waals surface area contributed by atoms with Crippen LogP contribution >= 0.6 is 0 Å². The minimum Gasteiger partial charge on any atom is -0.393 e. The van der Waals surface area contributed by atoms with Crippen molar-refractivity contribution in [3.63, 3.8) is 0 Å². The minimum absolute atomic E-state index is 0.0193. The number of aliphatic hydroxyl groups excluding tert-OH is 1. The molecule has 1 aromatic rings. The van der Waals surface area contributed by atoms with E-state index < -0.39 is 0 Å². The van der Waals surface area contributed by atoms with Crippen LogP contribution in [0.4, 0.5) is 0 Å². The van der Waals surface area contributed by atoms with E-state index in [0.29, 0.717) is 5.69 Å². The molecule has 1 saturated carbocycles. The molecule has 4 nitrogen and oxygen atoms in total. The Morgan fingerprint density at radius 1 is 1.20 bits per heavy atom. The fraction of sp³-hybridized carbons (Fsp3) is 0.625. The summed E-state index contributed by atoms with van der Waals surface area (Å²) in [5.41, 5.74) is 0.518. The molecule has 1 aliphatic carbocycles. The van der Waals surface area contributed by atoms with Crippen molar-refractivity contribution in [2.45, 2.75) is 50.7 Å². The summed E-state index contributed by atoms with van der Waals surface area (Å²) >= 11 is 0. The van der Waals surface area contributed by atoms with Gasteiger partial charge in [0.2, 0.25) is 0 Å². The zero-order valence-corrected chi connectivity index (χ0v) is 11.7. The van der Waals surface area contributed by atoms with Crippen LogP contribution in [-0.4, -0.2) is 39.6 Å². The van der Waals surface area contributed by atoms with Crippen molar-refractivity contribution in [3.05, 3.63) is 30.1 Å². The molecule has 0 aromatic carbocycles. The summed E-state index contributed by atoms with van der Waals surface area (Å²) in [6.07, 6.45) is 7.67. The Kier molecular flexibility index (Phi) is 4.01. The average Bonchev–Trinajstić information content (AvgIpc) is 2.97. The van der Waals surface area contributed by atoms with E-state index in [1.807, 2.05) is 17.0 Å². The van der Waals surface area contributed by atoms with E-state index in [1.54, 1.807) is 12.3 Å². The van der Waals surface area contributed by atoms with Gasteiger partial charge in [-0.1, -0.05) is 18.9 Å². The summed E-state index contributed by atoms with van der Waals surface area (Å²) in [4.78, 5) is 18.7. The molecule has 1 aliphatic heterocycles. The van der Waals surface area contributed by atoms with Crippen molar-refractivity contribution >= 4 is 5.91 Å². The SMILES string of the molecule is O=C(c1ccccn1)N1CCCC1C1CCCCC1O. The number of rotatable bonds is 2. The number of hydrogen-bond acceptors (Lipinski definition) is 3. The molecule has 1 N–H and O–H groups in total. The monoisotopic (exact) mass is 274 g/mol. The average molecular weight is 274 g/mol. The third-order valence-corrected chi connectivity index (χ3v) is 4.72. The zero-order valence-electron chi connectivity index (χ0n) is 11.7. The Balaban J connectivity index is 1.77. The molecule has 3 atom stereocenters. The lowest BCUT2D eigenvalue weighted by atomic mass is 9.80. The van der Waals surface area contributed by atoms with Gasteiger partial charge >= 0.3 is 0 Å². The second kappa shape index (κ2) is 5.92. The molecule has 4 heteroatoms. The zero-order chi connectivity index (χ0) is 13.9. The number of amides is 1. The summed E-state index contributed by atoms with van der Waals surface area (Å²) in [7, 11) is 0. The Morgan fingerprint density at radius 3 is 2.80 bits per heavy atom. The maximum absolute atomic E-state index is 12.6. The molecular formula is C16H22N2O2. The van der Waals surface area contributed by atoms with Crippen molar-refractivity contribution < 1.29 is 9.90 Å². The van der Waals surface area contributed by atoms with Gasteiger partial charge in [-0.2, -0.15) is 0 Å². The van der Waals surface area contributed by atoms with Gasteiger partial charge in [-0.15, -0.1) is 0 Å². The summed E-state index contributed by atoms with van der Waals surface area (Å²) in [6, 6.07) is 5.64. The quantitative estimate of drug-likeness (QED) is 0.900. The smallest absolute Gasteiger partial charge is 0.272 e. The molecule has 108 valence electrons. The Bertz CT molecular complexity index is 463. The van der Waals surface area contributed by atoms with Crippen LogP contribution in [-0.2, 0) is 0 Å². The Labute approximate surface area is 119 Å². The molecule has 0 radical (unpaired) electrons. The predicted octanol–water partition coefficient (Wildman–Crippen LogP) is 2.24. The molecule has 20 heavy (non-hydrogen) atoms. The molecule has 1 aromatic heterocycles. The van der Waals surface area contributed by atoms with Crippen LogP contribution in [0.1, 0.15) is 49.0 Å². The normalized spacial score (nSPS) is 30.4. The standard InChI is InChI=1S/C16H22N2O2/c19-15-9-2-1-6-12(15)14-8-5-11-18(14)16(20)13-7-3-4-10-17-13/h3-4,7,10,12,14-15,19H,1-2,5-6,8-9,11H2. The first-order valence-electron chi connectivity index (χ1n) is 7.67. The van der Waals surface area contributed by atoms with Gasteiger partial charge in [-0.25, -0.2) is 0 Å². The van der Waals surface area contributed by atoms with Crippen LogP contribution in [0.3, 0.4) is 0 Å². The van der Waals surface area contributed by atoms with Crippen molar-refractivity contribution in [2.24, 2.45) is 5.92 Å². The highest BCUT2D eigenvalue weighted by Gasteiger charge is 2.39. The van der Waals surface area contributed by atoms with Gasteiger partial charge in [0.1, 0.15) is 5.69 Å². The molecule has 0 bridgehead atoms. The second-order valence-electron chi connectivity index (χ2n) is 5.94. The van der Waals surface area contributed by atoms with Crippen molar-refractivity contribution in [1.29, 1.82) is 0 Å². The van der Waals surface area contributed by atoms with Gasteiger partial charge in [0.15, 0.2) is 0 Å². The van der Waals surface area contributed by atoms with E-state index in [1.165, 1.54) is 6.42 Å². The molecule has 2 aliphatic rings. The number of pyridine rings is 1. The lowest BCUT2D eigenvalue weighted by Gasteiger charge is -2.37. The highest BCUT2D eigenvalue weighted by molar-refractivity contribution is 5.92. The molecule has 0 spiro atoms.